The van der Waals surface area contributed by atoms with Gasteiger partial charge in [0.1, 0.15) is 35.6 Å². The first-order valence-electron chi connectivity index (χ1n) is 22.0. The standard InChI is InChI=1S/C51H56N2O11/c1-4-24-61-51-47(53(2)50(57)35-16-19-45-46(27-35)60-32-59-45)29-42(52-62-31-33-12-6-5-7-13-33)40-26-34(14-8-10-22-54)39(15-9-11-23-55)48(49(40)51)41-28-38(18-21-44(41)64-51)63-37-17-20-43(58-3)36(25-37)30-56/h4-7,12-13,16-21,25-28,30,34,39,47-49,54-55H,1,8-11,14-15,22-24,29,31-32H2,2-3H3/t34-,39+,47-,48+,49+,51+/m0/s1. The Kier molecular flexibility index (Phi) is 14.0. The normalized spacial score (nSPS) is 23.2. The first-order chi connectivity index (χ1) is 31.3. The van der Waals surface area contributed by atoms with Gasteiger partial charge < -0.3 is 48.4 Å². The van der Waals surface area contributed by atoms with Crippen LogP contribution in [-0.2, 0) is 16.2 Å². The second-order valence-corrected chi connectivity index (χ2v) is 16.6. The zero-order valence-electron chi connectivity index (χ0n) is 36.4. The highest BCUT2D eigenvalue weighted by Crippen LogP contribution is 2.62. The number of allylic oxidation sites excluding steroid dienone is 1. The van der Waals surface area contributed by atoms with Crippen LogP contribution < -0.4 is 23.7 Å². The van der Waals surface area contributed by atoms with E-state index in [4.69, 9.17) is 38.4 Å². The monoisotopic (exact) mass is 872 g/mol. The Morgan fingerprint density at radius 1 is 0.922 bits per heavy atom. The van der Waals surface area contributed by atoms with Gasteiger partial charge in [0.25, 0.3) is 5.91 Å². The lowest BCUT2D eigenvalue weighted by Crippen LogP contribution is -2.69. The fourth-order valence-corrected chi connectivity index (χ4v) is 9.93. The van der Waals surface area contributed by atoms with Crippen molar-refractivity contribution in [2.24, 2.45) is 22.9 Å². The smallest absolute Gasteiger partial charge is 0.254 e. The van der Waals surface area contributed by atoms with Crippen LogP contribution in [0.4, 0.5) is 0 Å². The van der Waals surface area contributed by atoms with Crippen LogP contribution in [0.25, 0.3) is 0 Å². The van der Waals surface area contributed by atoms with E-state index >= 15 is 0 Å². The number of aliphatic hydroxyl groups excluding tert-OH is 2. The Labute approximate surface area is 373 Å². The molecule has 8 rings (SSSR count). The van der Waals surface area contributed by atoms with Gasteiger partial charge in [0, 0.05) is 43.7 Å². The summed E-state index contributed by atoms with van der Waals surface area (Å²) in [6.07, 6.45) is 9.38. The number of likely N-dealkylation sites (N-methyl/N-ethyl adjacent to an activating group) is 1. The van der Waals surface area contributed by atoms with Crippen molar-refractivity contribution in [3.8, 4) is 34.5 Å². The first-order valence-corrected chi connectivity index (χ1v) is 22.0. The third kappa shape index (κ3) is 8.97. The van der Waals surface area contributed by atoms with Crippen molar-refractivity contribution in [3.63, 3.8) is 0 Å². The molecule has 1 saturated carbocycles. The van der Waals surface area contributed by atoms with E-state index in [0.29, 0.717) is 64.2 Å². The third-order valence-corrected chi connectivity index (χ3v) is 12.9. The summed E-state index contributed by atoms with van der Waals surface area (Å²) >= 11 is 0. The van der Waals surface area contributed by atoms with E-state index in [1.807, 2.05) is 48.5 Å². The lowest BCUT2D eigenvalue weighted by molar-refractivity contribution is -0.252. The summed E-state index contributed by atoms with van der Waals surface area (Å²) in [7, 11) is 3.28. The number of hydrogen-bond acceptors (Lipinski definition) is 12. The predicted octanol–water partition coefficient (Wildman–Crippen LogP) is 8.63. The number of benzene rings is 4. The number of unbranched alkanes of at least 4 members (excludes halogenated alkanes) is 2. The number of carbonyl (C=O) groups excluding carboxylic acids is 2. The van der Waals surface area contributed by atoms with Crippen LogP contribution in [0.5, 0.6) is 34.5 Å². The molecular weight excluding hydrogens is 817 g/mol. The van der Waals surface area contributed by atoms with Crippen LogP contribution in [0.3, 0.4) is 0 Å². The second-order valence-electron chi connectivity index (χ2n) is 16.6. The number of carbonyl (C=O) groups is 2. The van der Waals surface area contributed by atoms with Crippen LogP contribution in [0, 0.1) is 17.8 Å². The van der Waals surface area contributed by atoms with E-state index in [2.05, 4.69) is 12.7 Å². The SMILES string of the molecule is C=CCO[C@@]12Oc3ccc(Oc4ccc(OC)c(C=O)c4)cc3[C@H]3[C@H](CCCCO)[C@@H](CCCCO)C=C(C(=NOCc4ccccc4)C[C@@H]1N(C)C(=O)c1ccc4c(c1)OCO4)[C@H]32. The van der Waals surface area contributed by atoms with E-state index in [1.165, 1.54) is 7.11 Å². The summed E-state index contributed by atoms with van der Waals surface area (Å²) in [5.74, 6) is 0.611. The molecule has 13 nitrogen and oxygen atoms in total. The van der Waals surface area contributed by atoms with Crippen molar-refractivity contribution < 1.29 is 53.1 Å². The number of oxime groups is 1. The molecule has 0 saturated heterocycles. The number of fused-ring (bicyclic) bond motifs is 3. The summed E-state index contributed by atoms with van der Waals surface area (Å²) in [5.41, 5.74) is 4.21. The van der Waals surface area contributed by atoms with Gasteiger partial charge in [-0.05, 0) is 103 Å². The number of ether oxygens (including phenoxy) is 6. The molecule has 6 atom stereocenters. The molecule has 0 bridgehead atoms. The first kappa shape index (κ1) is 44.5. The molecule has 2 heterocycles. The zero-order chi connectivity index (χ0) is 44.6. The molecule has 0 radical (unpaired) electrons. The maximum absolute atomic E-state index is 14.8. The fourth-order valence-electron chi connectivity index (χ4n) is 9.93. The minimum absolute atomic E-state index is 0.00589. The Balaban J connectivity index is 1.30. The minimum atomic E-state index is -1.45. The van der Waals surface area contributed by atoms with E-state index in [-0.39, 0.29) is 63.3 Å². The van der Waals surface area contributed by atoms with E-state index in [1.54, 1.807) is 54.4 Å². The van der Waals surface area contributed by atoms with Gasteiger partial charge >= 0.3 is 0 Å². The molecule has 4 aromatic carbocycles. The topological polar surface area (TPSA) is 155 Å². The highest BCUT2D eigenvalue weighted by Gasteiger charge is 2.65. The third-order valence-electron chi connectivity index (χ3n) is 12.9. The molecule has 0 unspecified atom stereocenters. The van der Waals surface area contributed by atoms with E-state index < -0.39 is 17.7 Å². The maximum atomic E-state index is 14.8. The Hall–Kier alpha value is -6.15. The maximum Gasteiger partial charge on any atom is 0.254 e. The molecule has 13 heteroatoms. The summed E-state index contributed by atoms with van der Waals surface area (Å²) in [5, 5.41) is 24.8. The lowest BCUT2D eigenvalue weighted by atomic mass is 9.55. The van der Waals surface area contributed by atoms with Gasteiger partial charge in [0.2, 0.25) is 12.6 Å². The van der Waals surface area contributed by atoms with Gasteiger partial charge in [-0.3, -0.25) is 9.59 Å². The predicted molar refractivity (Wildman–Crippen MR) is 239 cm³/mol. The van der Waals surface area contributed by atoms with Crippen LogP contribution in [-0.4, -0.2) is 85.6 Å². The van der Waals surface area contributed by atoms with Gasteiger partial charge in [-0.25, -0.2) is 0 Å². The van der Waals surface area contributed by atoms with Gasteiger partial charge in [-0.15, -0.1) is 6.58 Å². The fraction of sp³-hybridized carbons (Fsp3) is 0.392. The van der Waals surface area contributed by atoms with Crippen LogP contribution >= 0.6 is 0 Å². The molecule has 1 fully saturated rings. The molecule has 0 spiro atoms. The molecule has 0 aromatic heterocycles. The van der Waals surface area contributed by atoms with Gasteiger partial charge in [-0.1, -0.05) is 60.5 Å². The Bertz CT molecular complexity index is 2370. The molecular formula is C51H56N2O11. The molecule has 4 aromatic rings. The molecule has 2 aliphatic heterocycles. The van der Waals surface area contributed by atoms with Crippen LogP contribution in [0.1, 0.15) is 82.7 Å². The quantitative estimate of drug-likeness (QED) is 0.0380. The largest absolute Gasteiger partial charge is 0.496 e. The highest BCUT2D eigenvalue weighted by molar-refractivity contribution is 6.03. The number of aldehydes is 1. The number of hydrogen-bond donors (Lipinski definition) is 2. The molecule has 1 amide bonds. The molecule has 4 aliphatic rings. The zero-order valence-corrected chi connectivity index (χ0v) is 36.4. The van der Waals surface area contributed by atoms with E-state index in [0.717, 1.165) is 48.7 Å². The summed E-state index contributed by atoms with van der Waals surface area (Å²) < 4.78 is 37.4. The number of rotatable bonds is 20. The number of aliphatic hydroxyl groups is 2. The van der Waals surface area contributed by atoms with Crippen molar-refractivity contribution in [2.45, 2.75) is 69.3 Å². The average Bonchev–Trinajstić information content (AvgIpc) is 3.80. The molecule has 64 heavy (non-hydrogen) atoms. The van der Waals surface area contributed by atoms with Gasteiger partial charge in [0.05, 0.1) is 30.9 Å². The van der Waals surface area contributed by atoms with Crippen molar-refractivity contribution in [2.75, 3.05) is 40.8 Å². The number of amides is 1. The van der Waals surface area contributed by atoms with Crippen LogP contribution in [0.15, 0.2) is 114 Å². The van der Waals surface area contributed by atoms with Crippen LogP contribution in [0.2, 0.25) is 0 Å². The van der Waals surface area contributed by atoms with Crippen molar-refractivity contribution in [1.29, 1.82) is 0 Å². The van der Waals surface area contributed by atoms with Crippen molar-refractivity contribution >= 4 is 17.9 Å². The van der Waals surface area contributed by atoms with Gasteiger partial charge in [-0.2, -0.15) is 0 Å². The number of nitrogens with zero attached hydrogens (tertiary/aromatic N) is 2. The van der Waals surface area contributed by atoms with Crippen molar-refractivity contribution in [3.05, 3.63) is 131 Å². The van der Waals surface area contributed by atoms with Crippen molar-refractivity contribution in [1.82, 2.24) is 4.90 Å². The highest BCUT2D eigenvalue weighted by atomic mass is 16.7. The van der Waals surface area contributed by atoms with E-state index in [9.17, 15) is 19.8 Å². The molecule has 336 valence electrons. The second kappa shape index (κ2) is 20.1. The lowest BCUT2D eigenvalue weighted by Gasteiger charge is -2.59. The summed E-state index contributed by atoms with van der Waals surface area (Å²) in [4.78, 5) is 34.6. The van der Waals surface area contributed by atoms with Gasteiger partial charge in [0.15, 0.2) is 17.8 Å². The molecule has 2 aliphatic carbocycles. The summed E-state index contributed by atoms with van der Waals surface area (Å²) in [6.45, 7) is 4.61. The minimum Gasteiger partial charge on any atom is -0.496 e. The summed E-state index contributed by atoms with van der Waals surface area (Å²) in [6, 6.07) is 25.1. The average molecular weight is 873 g/mol. The Morgan fingerprint density at radius 3 is 2.44 bits per heavy atom. The Morgan fingerprint density at radius 2 is 1.67 bits per heavy atom. The molecule has 2 N–H and O–H groups in total. The number of methoxy groups -OCH3 is 1.